The molecule has 1 aromatic rings. The van der Waals surface area contributed by atoms with Gasteiger partial charge in [0.05, 0.1) is 6.04 Å². The lowest BCUT2D eigenvalue weighted by atomic mass is 10.1. The van der Waals surface area contributed by atoms with Crippen molar-refractivity contribution in [3.8, 4) is 0 Å². The van der Waals surface area contributed by atoms with E-state index < -0.39 is 0 Å². The van der Waals surface area contributed by atoms with Crippen LogP contribution in [0.25, 0.3) is 0 Å². The Labute approximate surface area is 112 Å². The highest BCUT2D eigenvalue weighted by Crippen LogP contribution is 2.26. The Bertz CT molecular complexity index is 439. The summed E-state index contributed by atoms with van der Waals surface area (Å²) in [6.45, 7) is 2.70. The summed E-state index contributed by atoms with van der Waals surface area (Å²) in [7, 11) is 0. The van der Waals surface area contributed by atoms with Crippen LogP contribution in [0.3, 0.4) is 0 Å². The molecular formula is C11H13BrN2O2S. The second-order valence-corrected chi connectivity index (χ2v) is 6.20. The maximum absolute atomic E-state index is 11.5. The number of imide groups is 1. The highest BCUT2D eigenvalue weighted by atomic mass is 79.9. The summed E-state index contributed by atoms with van der Waals surface area (Å²) in [6, 6.07) is 1.80. The number of carbonyl (C=O) groups is 2. The van der Waals surface area contributed by atoms with Crippen molar-refractivity contribution in [1.82, 2.24) is 10.6 Å². The van der Waals surface area contributed by atoms with E-state index in [9.17, 15) is 9.59 Å². The van der Waals surface area contributed by atoms with Crippen LogP contribution in [0.15, 0.2) is 10.5 Å². The fraction of sp³-hybridized carbons (Fsp3) is 0.455. The van der Waals surface area contributed by atoms with Gasteiger partial charge in [-0.15, -0.1) is 11.3 Å². The van der Waals surface area contributed by atoms with Crippen LogP contribution < -0.4 is 10.6 Å². The predicted molar refractivity (Wildman–Crippen MR) is 69.8 cm³/mol. The van der Waals surface area contributed by atoms with Gasteiger partial charge in [0.25, 0.3) is 0 Å². The lowest BCUT2D eigenvalue weighted by Gasteiger charge is -2.21. The third kappa shape index (κ3) is 3.14. The third-order valence-corrected chi connectivity index (χ3v) is 4.81. The fourth-order valence-corrected chi connectivity index (χ4v) is 3.27. The number of rotatable bonds is 3. The van der Waals surface area contributed by atoms with Crippen molar-refractivity contribution < 1.29 is 9.59 Å². The van der Waals surface area contributed by atoms with E-state index in [1.165, 1.54) is 9.75 Å². The number of nitrogens with one attached hydrogen (secondary N) is 2. The fourth-order valence-electron chi connectivity index (χ4n) is 1.72. The lowest BCUT2D eigenvalue weighted by Crippen LogP contribution is -2.50. The zero-order chi connectivity index (χ0) is 12.4. The molecule has 1 aromatic heterocycles. The van der Waals surface area contributed by atoms with Crippen molar-refractivity contribution in [2.45, 2.75) is 32.4 Å². The van der Waals surface area contributed by atoms with Gasteiger partial charge in [-0.3, -0.25) is 14.9 Å². The molecule has 92 valence electrons. The number of piperidine rings is 1. The van der Waals surface area contributed by atoms with Gasteiger partial charge in [0.2, 0.25) is 11.8 Å². The number of hydrogen-bond donors (Lipinski definition) is 2. The molecule has 2 heterocycles. The van der Waals surface area contributed by atoms with Crippen LogP contribution >= 0.6 is 27.3 Å². The number of halogens is 1. The Hall–Kier alpha value is -0.720. The Morgan fingerprint density at radius 1 is 1.59 bits per heavy atom. The first kappa shape index (κ1) is 12.7. The van der Waals surface area contributed by atoms with Crippen LogP contribution in [0.4, 0.5) is 0 Å². The highest BCUT2D eigenvalue weighted by molar-refractivity contribution is 9.10. The number of carbonyl (C=O) groups excluding carboxylic acids is 2. The van der Waals surface area contributed by atoms with Crippen molar-refractivity contribution in [3.63, 3.8) is 0 Å². The van der Waals surface area contributed by atoms with Gasteiger partial charge >= 0.3 is 0 Å². The molecule has 0 spiro atoms. The zero-order valence-electron chi connectivity index (χ0n) is 9.38. The number of thiophene rings is 1. The maximum Gasteiger partial charge on any atom is 0.243 e. The maximum atomic E-state index is 11.5. The van der Waals surface area contributed by atoms with Gasteiger partial charge in [0.1, 0.15) is 0 Å². The van der Waals surface area contributed by atoms with E-state index in [-0.39, 0.29) is 17.9 Å². The molecule has 1 unspecified atom stereocenters. The van der Waals surface area contributed by atoms with Gasteiger partial charge in [0, 0.05) is 27.2 Å². The minimum Gasteiger partial charge on any atom is -0.301 e. The third-order valence-electron chi connectivity index (χ3n) is 2.67. The quantitative estimate of drug-likeness (QED) is 0.835. The van der Waals surface area contributed by atoms with Crippen LogP contribution in [0.2, 0.25) is 0 Å². The second kappa shape index (κ2) is 5.29. The first-order valence-electron chi connectivity index (χ1n) is 5.38. The number of amides is 2. The van der Waals surface area contributed by atoms with Gasteiger partial charge in [-0.25, -0.2) is 0 Å². The van der Waals surface area contributed by atoms with Crippen molar-refractivity contribution in [3.05, 3.63) is 20.3 Å². The summed E-state index contributed by atoms with van der Waals surface area (Å²) in [4.78, 5) is 24.9. The van der Waals surface area contributed by atoms with E-state index in [1.807, 2.05) is 6.92 Å². The molecule has 1 aliphatic heterocycles. The highest BCUT2D eigenvalue weighted by Gasteiger charge is 2.25. The van der Waals surface area contributed by atoms with E-state index in [0.29, 0.717) is 19.4 Å². The molecule has 0 bridgehead atoms. The number of aryl methyl sites for hydroxylation is 1. The van der Waals surface area contributed by atoms with Crippen LogP contribution in [-0.4, -0.2) is 17.9 Å². The molecule has 0 aromatic carbocycles. The topological polar surface area (TPSA) is 58.2 Å². The normalized spacial score (nSPS) is 20.5. The molecule has 2 rings (SSSR count). The molecule has 0 saturated carbocycles. The lowest BCUT2D eigenvalue weighted by molar-refractivity contribution is -0.134. The van der Waals surface area contributed by atoms with E-state index in [4.69, 9.17) is 0 Å². The molecule has 0 radical (unpaired) electrons. The van der Waals surface area contributed by atoms with Gasteiger partial charge < -0.3 is 5.32 Å². The predicted octanol–water partition coefficient (Wildman–Crippen LogP) is 1.71. The van der Waals surface area contributed by atoms with Crippen LogP contribution in [0, 0.1) is 6.92 Å². The smallest absolute Gasteiger partial charge is 0.243 e. The summed E-state index contributed by atoms with van der Waals surface area (Å²) in [6.07, 6.45) is 0.993. The standard InChI is InChI=1S/C11H13BrN2O2S/c1-6-8(12)4-7(17-6)5-13-9-2-3-10(15)14-11(9)16/h4,9,13H,2-3,5H2,1H3,(H,14,15,16). The summed E-state index contributed by atoms with van der Waals surface area (Å²) < 4.78 is 1.10. The SMILES string of the molecule is Cc1sc(CNC2CCC(=O)NC2=O)cc1Br. The van der Waals surface area contributed by atoms with Gasteiger partial charge in [-0.05, 0) is 35.3 Å². The van der Waals surface area contributed by atoms with Crippen molar-refractivity contribution >= 4 is 39.1 Å². The minimum absolute atomic E-state index is 0.178. The molecule has 1 aliphatic rings. The minimum atomic E-state index is -0.256. The van der Waals surface area contributed by atoms with E-state index >= 15 is 0 Å². The summed E-state index contributed by atoms with van der Waals surface area (Å²) >= 11 is 5.16. The van der Waals surface area contributed by atoms with Crippen LogP contribution in [-0.2, 0) is 16.1 Å². The van der Waals surface area contributed by atoms with Crippen LogP contribution in [0.5, 0.6) is 0 Å². The summed E-state index contributed by atoms with van der Waals surface area (Å²) in [5, 5.41) is 5.51. The summed E-state index contributed by atoms with van der Waals surface area (Å²) in [5.41, 5.74) is 0. The summed E-state index contributed by atoms with van der Waals surface area (Å²) in [5.74, 6) is -0.392. The molecule has 1 saturated heterocycles. The number of hydrogen-bond acceptors (Lipinski definition) is 4. The molecule has 0 aliphatic carbocycles. The van der Waals surface area contributed by atoms with Gasteiger partial charge in [0.15, 0.2) is 0 Å². The monoisotopic (exact) mass is 316 g/mol. The van der Waals surface area contributed by atoms with Gasteiger partial charge in [-0.1, -0.05) is 0 Å². The van der Waals surface area contributed by atoms with Gasteiger partial charge in [-0.2, -0.15) is 0 Å². The average molecular weight is 317 g/mol. The van der Waals surface area contributed by atoms with E-state index in [1.54, 1.807) is 11.3 Å². The Balaban J connectivity index is 1.90. The molecule has 2 N–H and O–H groups in total. The van der Waals surface area contributed by atoms with Crippen molar-refractivity contribution in [2.24, 2.45) is 0 Å². The zero-order valence-corrected chi connectivity index (χ0v) is 11.8. The molecule has 4 nitrogen and oxygen atoms in total. The first-order chi connectivity index (χ1) is 8.06. The Kier molecular flexibility index (Phi) is 3.96. The van der Waals surface area contributed by atoms with E-state index in [0.717, 1.165) is 4.47 Å². The second-order valence-electron chi connectivity index (χ2n) is 4.00. The first-order valence-corrected chi connectivity index (χ1v) is 6.99. The van der Waals surface area contributed by atoms with Crippen LogP contribution in [0.1, 0.15) is 22.6 Å². The molecule has 1 fully saturated rings. The van der Waals surface area contributed by atoms with Crippen molar-refractivity contribution in [2.75, 3.05) is 0 Å². The van der Waals surface area contributed by atoms with E-state index in [2.05, 4.69) is 32.6 Å². The molecule has 1 atom stereocenters. The molecule has 17 heavy (non-hydrogen) atoms. The molecule has 6 heteroatoms. The average Bonchev–Trinajstić information content (AvgIpc) is 2.57. The Morgan fingerprint density at radius 3 is 2.94 bits per heavy atom. The Morgan fingerprint density at radius 2 is 2.35 bits per heavy atom. The molecular weight excluding hydrogens is 304 g/mol. The largest absolute Gasteiger partial charge is 0.301 e. The van der Waals surface area contributed by atoms with Crippen molar-refractivity contribution in [1.29, 1.82) is 0 Å². The molecule has 2 amide bonds.